The van der Waals surface area contributed by atoms with Gasteiger partial charge < -0.3 is 20.2 Å². The SMILES string of the molecule is CCc1cc(C2=CC=C(C3=CC=C(c4cnc[nH]4)CC3)C3C2CCC32CCN(C)C2)[nH]c1C1CCCN1. The number of nitrogens with zero attached hydrogens (tertiary/aromatic N) is 2. The van der Waals surface area contributed by atoms with E-state index in [1.807, 2.05) is 6.20 Å². The van der Waals surface area contributed by atoms with E-state index in [2.05, 4.69) is 69.5 Å². The van der Waals surface area contributed by atoms with Gasteiger partial charge in [-0.2, -0.15) is 0 Å². The molecule has 7 rings (SSSR count). The minimum absolute atomic E-state index is 0.412. The molecule has 0 amide bonds. The highest BCUT2D eigenvalue weighted by atomic mass is 15.1. The van der Waals surface area contributed by atoms with E-state index in [0.717, 1.165) is 31.5 Å². The average Bonchev–Trinajstić information content (AvgIpc) is 3.76. The maximum absolute atomic E-state index is 4.23. The van der Waals surface area contributed by atoms with Crippen molar-refractivity contribution >= 4 is 11.1 Å². The fourth-order valence-corrected chi connectivity index (χ4v) is 8.38. The number of allylic oxidation sites excluding steroid dienone is 8. The molecule has 0 bridgehead atoms. The van der Waals surface area contributed by atoms with Gasteiger partial charge in [0.15, 0.2) is 0 Å². The number of aryl methyl sites for hydroxylation is 1. The van der Waals surface area contributed by atoms with Crippen LogP contribution >= 0.6 is 0 Å². The molecule has 1 spiro atoms. The second kappa shape index (κ2) is 9.28. The first kappa shape index (κ1) is 23.5. The van der Waals surface area contributed by atoms with E-state index in [4.69, 9.17) is 0 Å². The number of aromatic amines is 2. The van der Waals surface area contributed by atoms with E-state index in [1.54, 1.807) is 23.0 Å². The average molecular weight is 496 g/mol. The minimum atomic E-state index is 0.412. The fourth-order valence-electron chi connectivity index (χ4n) is 8.38. The molecular formula is C32H41N5. The number of imidazole rings is 1. The molecular weight excluding hydrogens is 454 g/mol. The summed E-state index contributed by atoms with van der Waals surface area (Å²) in [5, 5.41) is 3.73. The Bertz CT molecular complexity index is 1280. The van der Waals surface area contributed by atoms with Crippen molar-refractivity contribution in [2.24, 2.45) is 17.3 Å². The maximum Gasteiger partial charge on any atom is 0.0924 e. The lowest BCUT2D eigenvalue weighted by molar-refractivity contribution is 0.220. The highest BCUT2D eigenvalue weighted by Crippen LogP contribution is 2.61. The summed E-state index contributed by atoms with van der Waals surface area (Å²) in [5.41, 5.74) is 12.0. The highest BCUT2D eigenvalue weighted by Gasteiger charge is 2.54. The smallest absolute Gasteiger partial charge is 0.0924 e. The number of rotatable bonds is 5. The summed E-state index contributed by atoms with van der Waals surface area (Å²) < 4.78 is 0. The molecule has 4 atom stereocenters. The summed E-state index contributed by atoms with van der Waals surface area (Å²) in [7, 11) is 2.32. The van der Waals surface area contributed by atoms with Gasteiger partial charge in [-0.25, -0.2) is 4.98 Å². The molecule has 5 aliphatic rings. The zero-order valence-electron chi connectivity index (χ0n) is 22.4. The number of hydrogen-bond acceptors (Lipinski definition) is 3. The van der Waals surface area contributed by atoms with Crippen LogP contribution in [0.25, 0.3) is 11.1 Å². The Morgan fingerprint density at radius 1 is 1.03 bits per heavy atom. The van der Waals surface area contributed by atoms with Gasteiger partial charge in [-0.1, -0.05) is 31.2 Å². The van der Waals surface area contributed by atoms with Crippen LogP contribution in [0.1, 0.15) is 80.6 Å². The number of nitrogens with one attached hydrogen (secondary N) is 3. The Labute approximate surface area is 221 Å². The molecule has 3 fully saturated rings. The molecule has 0 radical (unpaired) electrons. The molecule has 2 aromatic rings. The Hall–Kier alpha value is -2.63. The molecule has 0 aromatic carbocycles. The number of H-pyrrole nitrogens is 2. The molecule has 5 nitrogen and oxygen atoms in total. The first-order valence-electron chi connectivity index (χ1n) is 14.6. The van der Waals surface area contributed by atoms with Crippen LogP contribution < -0.4 is 5.32 Å². The second-order valence-corrected chi connectivity index (χ2v) is 12.2. The van der Waals surface area contributed by atoms with Gasteiger partial charge in [0.2, 0.25) is 0 Å². The zero-order valence-corrected chi connectivity index (χ0v) is 22.4. The van der Waals surface area contributed by atoms with Crippen molar-refractivity contribution < 1.29 is 0 Å². The van der Waals surface area contributed by atoms with Gasteiger partial charge >= 0.3 is 0 Å². The molecule has 2 aromatic heterocycles. The first-order valence-corrected chi connectivity index (χ1v) is 14.6. The molecule has 4 heterocycles. The summed E-state index contributed by atoms with van der Waals surface area (Å²) in [6.45, 7) is 5.92. The Balaban J connectivity index is 1.28. The summed E-state index contributed by atoms with van der Waals surface area (Å²) in [5.74, 6) is 1.23. The molecule has 3 aliphatic carbocycles. The Kier molecular flexibility index (Phi) is 5.89. The fraction of sp³-hybridized carbons (Fsp3) is 0.531. The first-order chi connectivity index (χ1) is 18.1. The summed E-state index contributed by atoms with van der Waals surface area (Å²) in [4.78, 5) is 14.1. The van der Waals surface area contributed by atoms with Crippen molar-refractivity contribution in [3.05, 3.63) is 76.7 Å². The number of aromatic nitrogens is 3. The quantitative estimate of drug-likeness (QED) is 0.463. The van der Waals surface area contributed by atoms with E-state index in [1.165, 1.54) is 67.7 Å². The van der Waals surface area contributed by atoms with Gasteiger partial charge in [0.25, 0.3) is 0 Å². The standard InChI is InChI=1S/C32H41N5/c1-3-21-17-28(36-31(21)27-5-4-15-34-27)25-11-10-24(22-6-8-23(9-7-22)29-18-33-20-35-29)30-26(25)12-13-32(30)14-16-37(2)19-32/h6,8,10-11,17-18,20,26-27,30,34,36H,3-5,7,9,12-16,19H2,1-2H3,(H,33,35). The molecule has 37 heavy (non-hydrogen) atoms. The predicted octanol–water partition coefficient (Wildman–Crippen LogP) is 6.20. The monoisotopic (exact) mass is 495 g/mol. The summed E-state index contributed by atoms with van der Waals surface area (Å²) >= 11 is 0. The predicted molar refractivity (Wildman–Crippen MR) is 151 cm³/mol. The molecule has 2 aliphatic heterocycles. The van der Waals surface area contributed by atoms with Crippen molar-refractivity contribution in [1.82, 2.24) is 25.2 Å². The lowest BCUT2D eigenvalue weighted by Gasteiger charge is -2.39. The molecule has 1 saturated carbocycles. The lowest BCUT2D eigenvalue weighted by Crippen LogP contribution is -2.34. The summed E-state index contributed by atoms with van der Waals surface area (Å²) in [6, 6.07) is 2.98. The van der Waals surface area contributed by atoms with E-state index >= 15 is 0 Å². The van der Waals surface area contributed by atoms with Crippen LogP contribution in [-0.4, -0.2) is 46.5 Å². The van der Waals surface area contributed by atoms with Gasteiger partial charge in [0, 0.05) is 24.0 Å². The topological polar surface area (TPSA) is 59.7 Å². The molecule has 2 saturated heterocycles. The van der Waals surface area contributed by atoms with Crippen LogP contribution in [0.15, 0.2) is 54.0 Å². The maximum atomic E-state index is 4.23. The van der Waals surface area contributed by atoms with E-state index in [0.29, 0.717) is 23.3 Å². The zero-order chi connectivity index (χ0) is 25.0. The van der Waals surface area contributed by atoms with E-state index < -0.39 is 0 Å². The van der Waals surface area contributed by atoms with Crippen molar-refractivity contribution in [3.63, 3.8) is 0 Å². The number of hydrogen-bond donors (Lipinski definition) is 3. The van der Waals surface area contributed by atoms with Gasteiger partial charge in [-0.3, -0.25) is 0 Å². The van der Waals surface area contributed by atoms with E-state index in [9.17, 15) is 0 Å². The van der Waals surface area contributed by atoms with Crippen molar-refractivity contribution in [3.8, 4) is 0 Å². The van der Waals surface area contributed by atoms with Crippen LogP contribution in [0.3, 0.4) is 0 Å². The third-order valence-electron chi connectivity index (χ3n) is 10.2. The number of likely N-dealkylation sites (tertiary alicyclic amines) is 1. The molecule has 4 unspecified atom stereocenters. The molecule has 3 N–H and O–H groups in total. The van der Waals surface area contributed by atoms with E-state index in [-0.39, 0.29) is 0 Å². The van der Waals surface area contributed by atoms with Crippen LogP contribution in [0.5, 0.6) is 0 Å². The van der Waals surface area contributed by atoms with Crippen molar-refractivity contribution in [1.29, 1.82) is 0 Å². The van der Waals surface area contributed by atoms with Gasteiger partial charge in [0.1, 0.15) is 0 Å². The third kappa shape index (κ3) is 3.93. The van der Waals surface area contributed by atoms with Gasteiger partial charge in [0.05, 0.1) is 18.2 Å². The summed E-state index contributed by atoms with van der Waals surface area (Å²) in [6.07, 6.45) is 23.3. The number of fused-ring (bicyclic) bond motifs is 2. The van der Waals surface area contributed by atoms with Crippen LogP contribution in [0.4, 0.5) is 0 Å². The largest absolute Gasteiger partial charge is 0.357 e. The normalized spacial score (nSPS) is 31.9. The van der Waals surface area contributed by atoms with Crippen LogP contribution in [0.2, 0.25) is 0 Å². The molecule has 5 heteroatoms. The van der Waals surface area contributed by atoms with Crippen molar-refractivity contribution in [2.45, 2.75) is 64.3 Å². The molecule has 194 valence electrons. The van der Waals surface area contributed by atoms with Crippen LogP contribution in [-0.2, 0) is 6.42 Å². The van der Waals surface area contributed by atoms with Crippen LogP contribution in [0, 0.1) is 17.3 Å². The Morgan fingerprint density at radius 3 is 2.59 bits per heavy atom. The Morgan fingerprint density at radius 2 is 1.89 bits per heavy atom. The highest BCUT2D eigenvalue weighted by molar-refractivity contribution is 5.73. The second-order valence-electron chi connectivity index (χ2n) is 12.2. The minimum Gasteiger partial charge on any atom is -0.357 e. The van der Waals surface area contributed by atoms with Gasteiger partial charge in [-0.15, -0.1) is 0 Å². The lowest BCUT2D eigenvalue weighted by atomic mass is 9.65. The van der Waals surface area contributed by atoms with Crippen molar-refractivity contribution in [2.75, 3.05) is 26.7 Å². The third-order valence-corrected chi connectivity index (χ3v) is 10.2. The van der Waals surface area contributed by atoms with Gasteiger partial charge in [-0.05, 0) is 123 Å².